The minimum atomic E-state index is -3.09. The van der Waals surface area contributed by atoms with Crippen molar-refractivity contribution in [2.45, 2.75) is 45.4 Å². The van der Waals surface area contributed by atoms with Crippen LogP contribution in [0.5, 0.6) is 0 Å². The van der Waals surface area contributed by atoms with Gasteiger partial charge in [0.25, 0.3) is 11.8 Å². The summed E-state index contributed by atoms with van der Waals surface area (Å²) >= 11 is 0. The van der Waals surface area contributed by atoms with Gasteiger partial charge in [0.2, 0.25) is 5.82 Å². The van der Waals surface area contributed by atoms with Gasteiger partial charge in [-0.3, -0.25) is 10.1 Å². The molecule has 192 valence electrons. The number of nitrogens with zero attached hydrogens (tertiary/aromatic N) is 2. The molecule has 4 aromatic rings. The Balaban J connectivity index is 1.57. The Hall–Kier alpha value is -3.95. The van der Waals surface area contributed by atoms with E-state index in [0.29, 0.717) is 16.7 Å². The molecule has 3 N–H and O–H groups in total. The average Bonchev–Trinajstić information content (AvgIpc) is 3.34. The number of carboxylic acids is 1. The van der Waals surface area contributed by atoms with Gasteiger partial charge in [-0.15, -0.1) is 0 Å². The third-order valence-electron chi connectivity index (χ3n) is 6.09. The Bertz CT molecular complexity index is 1400. The molecule has 1 heterocycles. The van der Waals surface area contributed by atoms with Crippen LogP contribution in [0.25, 0.3) is 34.0 Å². The van der Waals surface area contributed by atoms with Crippen LogP contribution in [0.1, 0.15) is 30.5 Å². The predicted octanol–water partition coefficient (Wildman–Crippen LogP) is 5.41. The van der Waals surface area contributed by atoms with Gasteiger partial charge in [0, 0.05) is 30.2 Å². The zero-order valence-electron chi connectivity index (χ0n) is 20.6. The Labute approximate surface area is 212 Å². The standard InChI is InChI=1S/C28H27F2N3O4/c1-16-6-4-5-7-21(16)22-13-12-20(14-23(22)28(3,29)30)26-32-25(33-37-26)19-10-8-18(9-11-19)15-31-24(17(2)34)27(35)36/h4-14,17,24,31,34H,15H2,1-3H3,(H,35,36). The molecule has 0 spiro atoms. The Morgan fingerprint density at radius 2 is 1.73 bits per heavy atom. The largest absolute Gasteiger partial charge is 0.480 e. The monoisotopic (exact) mass is 507 g/mol. The molecule has 0 saturated heterocycles. The van der Waals surface area contributed by atoms with Crippen LogP contribution in [0.3, 0.4) is 0 Å². The minimum Gasteiger partial charge on any atom is -0.480 e. The number of rotatable bonds is 9. The number of hydrogen-bond acceptors (Lipinski definition) is 6. The molecule has 0 aliphatic heterocycles. The molecule has 37 heavy (non-hydrogen) atoms. The quantitative estimate of drug-likeness (QED) is 0.278. The van der Waals surface area contributed by atoms with Crippen LogP contribution in [-0.2, 0) is 17.3 Å². The smallest absolute Gasteiger partial charge is 0.323 e. The number of hydrogen-bond donors (Lipinski definition) is 3. The van der Waals surface area contributed by atoms with Crippen LogP contribution in [0.4, 0.5) is 8.78 Å². The lowest BCUT2D eigenvalue weighted by Gasteiger charge is -2.18. The fraction of sp³-hybridized carbons (Fsp3) is 0.250. The summed E-state index contributed by atoms with van der Waals surface area (Å²) in [6.07, 6.45) is -1.05. The first kappa shape index (κ1) is 26.1. The third-order valence-corrected chi connectivity index (χ3v) is 6.09. The van der Waals surface area contributed by atoms with Gasteiger partial charge >= 0.3 is 5.97 Å². The molecule has 0 amide bonds. The maximum absolute atomic E-state index is 14.6. The SMILES string of the molecule is Cc1ccccc1-c1ccc(-c2nc(-c3ccc(CNC(C(=O)O)C(C)O)cc3)no2)cc1C(C)(F)F. The molecule has 0 bridgehead atoms. The topological polar surface area (TPSA) is 108 Å². The zero-order chi connectivity index (χ0) is 26.7. The van der Waals surface area contributed by atoms with E-state index in [4.69, 9.17) is 9.63 Å². The van der Waals surface area contributed by atoms with Crippen molar-refractivity contribution >= 4 is 5.97 Å². The first-order valence-electron chi connectivity index (χ1n) is 11.7. The van der Waals surface area contributed by atoms with Crippen molar-refractivity contribution in [3.8, 4) is 34.0 Å². The summed E-state index contributed by atoms with van der Waals surface area (Å²) in [5, 5.41) is 25.5. The highest BCUT2D eigenvalue weighted by Gasteiger charge is 2.29. The van der Waals surface area contributed by atoms with Gasteiger partial charge in [-0.25, -0.2) is 8.78 Å². The summed E-state index contributed by atoms with van der Waals surface area (Å²) < 4.78 is 34.6. The van der Waals surface area contributed by atoms with Gasteiger partial charge in [0.1, 0.15) is 6.04 Å². The van der Waals surface area contributed by atoms with E-state index in [1.165, 1.54) is 13.0 Å². The second-order valence-electron chi connectivity index (χ2n) is 9.02. The highest BCUT2D eigenvalue weighted by atomic mass is 19.3. The Morgan fingerprint density at radius 1 is 1.05 bits per heavy atom. The van der Waals surface area contributed by atoms with Crippen molar-refractivity contribution in [3.05, 3.63) is 83.4 Å². The highest BCUT2D eigenvalue weighted by Crippen LogP contribution is 2.39. The Kier molecular flexibility index (Phi) is 7.47. The molecule has 0 fully saturated rings. The van der Waals surface area contributed by atoms with Gasteiger partial charge in [0.15, 0.2) is 0 Å². The lowest BCUT2D eigenvalue weighted by Crippen LogP contribution is -2.44. The van der Waals surface area contributed by atoms with E-state index in [0.717, 1.165) is 23.6 Å². The molecule has 0 aliphatic rings. The van der Waals surface area contributed by atoms with E-state index in [1.807, 2.05) is 31.2 Å². The van der Waals surface area contributed by atoms with Gasteiger partial charge in [-0.1, -0.05) is 59.8 Å². The molecule has 1 aromatic heterocycles. The summed E-state index contributed by atoms with van der Waals surface area (Å²) in [6, 6.07) is 18.0. The van der Waals surface area contributed by atoms with Crippen LogP contribution >= 0.6 is 0 Å². The molecule has 7 nitrogen and oxygen atoms in total. The van der Waals surface area contributed by atoms with Crippen molar-refractivity contribution in [1.82, 2.24) is 15.5 Å². The summed E-state index contributed by atoms with van der Waals surface area (Å²) in [7, 11) is 0. The number of aliphatic hydroxyl groups excluding tert-OH is 1. The number of nitrogens with one attached hydrogen (secondary N) is 1. The number of aryl methyl sites for hydroxylation is 1. The van der Waals surface area contributed by atoms with Crippen LogP contribution in [0, 0.1) is 6.92 Å². The normalized spacial score (nSPS) is 13.4. The number of carboxylic acid groups (broad SMARTS) is 1. The number of alkyl halides is 2. The molecular formula is C28H27F2N3O4. The number of aliphatic hydroxyl groups is 1. The molecule has 9 heteroatoms. The molecule has 0 radical (unpaired) electrons. The lowest BCUT2D eigenvalue weighted by molar-refractivity contribution is -0.142. The molecule has 3 aromatic carbocycles. The second kappa shape index (κ2) is 10.6. The van der Waals surface area contributed by atoms with E-state index in [1.54, 1.807) is 36.4 Å². The number of benzene rings is 3. The van der Waals surface area contributed by atoms with E-state index in [9.17, 15) is 18.7 Å². The molecule has 0 aliphatic carbocycles. The average molecular weight is 508 g/mol. The van der Waals surface area contributed by atoms with E-state index in [2.05, 4.69) is 15.5 Å². The molecule has 2 unspecified atom stereocenters. The van der Waals surface area contributed by atoms with Gasteiger partial charge in [-0.2, -0.15) is 4.98 Å². The summed E-state index contributed by atoms with van der Waals surface area (Å²) in [5.41, 5.74) is 3.75. The summed E-state index contributed by atoms with van der Waals surface area (Å²) in [4.78, 5) is 15.6. The molecule has 0 saturated carbocycles. The van der Waals surface area contributed by atoms with Gasteiger partial charge in [0.05, 0.1) is 6.10 Å². The fourth-order valence-corrected chi connectivity index (χ4v) is 4.07. The van der Waals surface area contributed by atoms with Crippen molar-refractivity contribution < 1.29 is 28.3 Å². The van der Waals surface area contributed by atoms with E-state index >= 15 is 0 Å². The highest BCUT2D eigenvalue weighted by molar-refractivity contribution is 5.75. The lowest BCUT2D eigenvalue weighted by atomic mass is 9.92. The summed E-state index contributed by atoms with van der Waals surface area (Å²) in [5.74, 6) is -3.83. The number of aromatic nitrogens is 2. The fourth-order valence-electron chi connectivity index (χ4n) is 4.07. The van der Waals surface area contributed by atoms with Crippen molar-refractivity contribution in [3.63, 3.8) is 0 Å². The van der Waals surface area contributed by atoms with Crippen LogP contribution in [0.2, 0.25) is 0 Å². The second-order valence-corrected chi connectivity index (χ2v) is 9.02. The maximum Gasteiger partial charge on any atom is 0.323 e. The van der Waals surface area contributed by atoms with Crippen LogP contribution in [0.15, 0.2) is 71.3 Å². The molecule has 2 atom stereocenters. The van der Waals surface area contributed by atoms with Crippen molar-refractivity contribution in [2.75, 3.05) is 0 Å². The van der Waals surface area contributed by atoms with Crippen molar-refractivity contribution in [1.29, 1.82) is 0 Å². The zero-order valence-corrected chi connectivity index (χ0v) is 20.6. The van der Waals surface area contributed by atoms with Gasteiger partial charge < -0.3 is 14.7 Å². The summed E-state index contributed by atoms with van der Waals surface area (Å²) in [6.45, 7) is 4.39. The first-order valence-corrected chi connectivity index (χ1v) is 11.7. The first-order chi connectivity index (χ1) is 17.5. The number of aliphatic carboxylic acids is 1. The minimum absolute atomic E-state index is 0.115. The van der Waals surface area contributed by atoms with Crippen LogP contribution < -0.4 is 5.32 Å². The van der Waals surface area contributed by atoms with Gasteiger partial charge in [-0.05, 0) is 48.2 Å². The predicted molar refractivity (Wildman–Crippen MR) is 135 cm³/mol. The van der Waals surface area contributed by atoms with Crippen LogP contribution in [-0.4, -0.2) is 38.5 Å². The Morgan fingerprint density at radius 3 is 2.35 bits per heavy atom. The molecular weight excluding hydrogens is 480 g/mol. The number of carbonyl (C=O) groups is 1. The number of halogens is 2. The third kappa shape index (κ3) is 5.90. The maximum atomic E-state index is 14.6. The van der Waals surface area contributed by atoms with E-state index < -0.39 is 24.0 Å². The van der Waals surface area contributed by atoms with Crippen molar-refractivity contribution in [2.24, 2.45) is 0 Å². The van der Waals surface area contributed by atoms with E-state index in [-0.39, 0.29) is 23.8 Å². The molecule has 4 rings (SSSR count).